The quantitative estimate of drug-likeness (QED) is 0.0156. The summed E-state index contributed by atoms with van der Waals surface area (Å²) in [6.45, 7) is -2.80. The van der Waals surface area contributed by atoms with Gasteiger partial charge in [0.15, 0.2) is 80.3 Å². The van der Waals surface area contributed by atoms with E-state index in [1.165, 1.54) is 0 Å². The summed E-state index contributed by atoms with van der Waals surface area (Å²) in [5.74, 6) is -13.4. The predicted octanol–water partition coefficient (Wildman–Crippen LogP) is -18.4. The van der Waals surface area contributed by atoms with Crippen LogP contribution >= 0.6 is 0 Å². The summed E-state index contributed by atoms with van der Waals surface area (Å²) >= 11 is 0. The number of nitrogens with one attached hydrogen (secondary N) is 4. The number of rotatable bonds is 37. The van der Waals surface area contributed by atoms with Crippen LogP contribution in [0.15, 0.2) is 0 Å². The van der Waals surface area contributed by atoms with Gasteiger partial charge in [0.05, 0.1) is 26.4 Å². The molecule has 8 heterocycles. The van der Waals surface area contributed by atoms with Gasteiger partial charge in [0.1, 0.15) is 146 Å². The molecule has 8 fully saturated rings. The maximum Gasteiger partial charge on any atom is 0.397 e. The van der Waals surface area contributed by atoms with Gasteiger partial charge in [-0.05, 0) is 0 Å². The molecule has 0 aromatic carbocycles. The highest BCUT2D eigenvalue weighted by molar-refractivity contribution is 7.81. The molecule has 0 radical (unpaired) electrons. The van der Waals surface area contributed by atoms with Gasteiger partial charge in [0.25, 0.3) is 0 Å². The maximum absolute atomic E-state index is 13.2. The van der Waals surface area contributed by atoms with E-state index in [0.717, 1.165) is 13.8 Å². The van der Waals surface area contributed by atoms with Crippen molar-refractivity contribution in [3.8, 4) is 0 Å². The molecule has 124 heavy (non-hydrogen) atoms. The standard InChI is InChI=1S/C56H86N4O60S4/c1-9(62)57-17-33(21(66)13(5-61)102-49(17)86)109-56-41(120-124(96,97)98)32(77)39(44(113-56)48(84)85)116-119-52-20(60-12(4)65)36(24(69)16(105-52)8-101-123(93,94)95)108-55-31(76)28(73)38(43(112-55)47(82)83)115-118-51-19(59-11(3)64)35(23(68)15(104-51)7-100-122(90,91)92)107-54-30(75)27(72)37(42(111-54)46(80)81)114-117-50-18(58-10(2)63)34(22(67)14(103-50)6-99-121(87,88)89)106-53-29(74)25(70)26(71)40(110-53)45(78)79/h13-44,49-56,61,66-77,86H,5-8H2,1-4H3,(H,57,62)(H,58,63)(H,59,64)(H,60,65)(H,78,79)(H,80,81)(H,82,83)(H,84,85)(H,87,88,89)(H,90,91,92)(H,93,94,95)(H,96,97,98)/t13-,14-,15-,16-,17-,18-,19-,20-,21+,22+,23+,24+,25+,26+,27-,28-,29-,30-,31-,32+,33-,34-,35-,36-,37+,38+,39+,40+,41-,42+,43+,44+,49+,50-,51-,52-,53-,54-,55-,56-/m1/s1. The normalized spacial score (nSPS) is 42.0. The molecule has 8 saturated heterocycles. The van der Waals surface area contributed by atoms with Crippen molar-refractivity contribution in [2.75, 3.05) is 26.4 Å². The Morgan fingerprint density at radius 2 is 0.556 bits per heavy atom. The van der Waals surface area contributed by atoms with Crippen molar-refractivity contribution in [1.29, 1.82) is 0 Å². The summed E-state index contributed by atoms with van der Waals surface area (Å²) < 4.78 is 217. The van der Waals surface area contributed by atoms with Crippen molar-refractivity contribution in [3.05, 3.63) is 0 Å². The van der Waals surface area contributed by atoms with E-state index in [9.17, 15) is 182 Å². The molecular formula is C56H86N4O60S4. The van der Waals surface area contributed by atoms with E-state index in [2.05, 4.69) is 32.7 Å². The molecule has 0 unspecified atom stereocenters. The number of hydrogen-bond donors (Lipinski definition) is 26. The van der Waals surface area contributed by atoms with E-state index in [4.69, 9.17) is 86.2 Å². The van der Waals surface area contributed by atoms with Crippen LogP contribution in [0.4, 0.5) is 0 Å². The van der Waals surface area contributed by atoms with Gasteiger partial charge in [-0.25, -0.2) is 65.2 Å². The summed E-state index contributed by atoms with van der Waals surface area (Å²) in [5.41, 5.74) is 0. The number of carboxylic acid groups (broad SMARTS) is 4. The number of aliphatic carboxylic acids is 4. The number of ether oxygens (including phenoxy) is 12. The first-order valence-electron chi connectivity index (χ1n) is 35.2. The number of aliphatic hydroxyl groups is 14. The lowest BCUT2D eigenvalue weighted by Gasteiger charge is -2.48. The Labute approximate surface area is 692 Å². The largest absolute Gasteiger partial charge is 0.479 e. The molecule has 714 valence electrons. The highest BCUT2D eigenvalue weighted by Gasteiger charge is 2.62. The number of carbonyl (C=O) groups excluding carboxylic acids is 4. The van der Waals surface area contributed by atoms with Crippen LogP contribution in [0.1, 0.15) is 27.7 Å². The van der Waals surface area contributed by atoms with Crippen LogP contribution in [0.5, 0.6) is 0 Å². The molecule has 8 rings (SSSR count). The SMILES string of the molecule is CC(=O)N[C@@H]1[C@@H](O[C@@H]2O[C@H](C(=O)O)[C@@H](OO[C@H]3O[C@H](COS(=O)(=O)O)[C@H](O)[C@H](O[C@@H]4O[C@H](C(=O)O)[C@@H](OO[C@H]5O[C@H](COS(=O)(=O)O)[C@H](O)[C@H](O[C@@H]6O[C@H](C(=O)O)[C@@H](OO[C@H]7O[C@H](COS(=O)(=O)O)[C@H](O)[C@H](O[C@@H]8O[C@H](C(=O)O)[C@@H](O)[C@H](O)[C@H]8O)[C@H]7NC(C)=O)[C@H](O)[C@H]6O)[C@H]5NC(C)=O)[C@H](O)[C@H]4O)[C@H]3NC(C)=O)[C@H](O)[C@H]2OS(=O)(=O)O)[C@@H](O)[C@@H](CO)O[C@@H]1O. The molecule has 64 nitrogen and oxygen atoms in total. The smallest absolute Gasteiger partial charge is 0.397 e. The molecular weight excluding hydrogens is 1820 g/mol. The molecule has 0 spiro atoms. The first-order chi connectivity index (χ1) is 57.4. The average molecular weight is 1900 g/mol. The average Bonchev–Trinajstić information content (AvgIpc) is 0.769. The monoisotopic (exact) mass is 1900 g/mol. The van der Waals surface area contributed by atoms with Crippen LogP contribution in [-0.2, 0) is 183 Å². The van der Waals surface area contributed by atoms with E-state index in [0.29, 0.717) is 13.8 Å². The lowest BCUT2D eigenvalue weighted by molar-refractivity contribution is -0.466. The molecule has 8 aliphatic heterocycles. The minimum absolute atomic E-state index is 0.690. The Hall–Kier alpha value is -6.04. The highest BCUT2D eigenvalue weighted by Crippen LogP contribution is 2.39. The molecule has 0 bridgehead atoms. The Morgan fingerprint density at radius 3 is 0.855 bits per heavy atom. The summed E-state index contributed by atoms with van der Waals surface area (Å²) in [7, 11) is -22.6. The number of carbonyl (C=O) groups is 8. The zero-order valence-electron chi connectivity index (χ0n) is 62.9. The van der Waals surface area contributed by atoms with Crippen molar-refractivity contribution < 1.29 is 285 Å². The zero-order valence-corrected chi connectivity index (χ0v) is 66.2. The maximum atomic E-state index is 13.2. The summed E-state index contributed by atoms with van der Waals surface area (Å²) in [4.78, 5) is 133. The van der Waals surface area contributed by atoms with E-state index >= 15 is 0 Å². The molecule has 0 aliphatic carbocycles. The third-order valence-corrected chi connectivity index (χ3v) is 20.6. The van der Waals surface area contributed by atoms with E-state index in [1.807, 2.05) is 5.32 Å². The fourth-order valence-corrected chi connectivity index (χ4v) is 14.7. The van der Waals surface area contributed by atoms with Gasteiger partial charge in [-0.1, -0.05) is 0 Å². The molecule has 68 heteroatoms. The first kappa shape index (κ1) is 103. The van der Waals surface area contributed by atoms with Gasteiger partial charge in [-0.3, -0.25) is 37.4 Å². The molecule has 40 atom stereocenters. The molecule has 8 aliphatic rings. The van der Waals surface area contributed by atoms with Crippen LogP contribution in [0.3, 0.4) is 0 Å². The summed E-state index contributed by atoms with van der Waals surface area (Å²) in [6.07, 6.45) is -93.1. The van der Waals surface area contributed by atoms with Crippen LogP contribution in [0, 0.1) is 0 Å². The Bertz CT molecular complexity index is 4160. The predicted molar refractivity (Wildman–Crippen MR) is 358 cm³/mol. The van der Waals surface area contributed by atoms with Gasteiger partial charge >= 0.3 is 65.5 Å². The van der Waals surface area contributed by atoms with Gasteiger partial charge in [0, 0.05) is 27.7 Å². The number of hydrogen-bond acceptors (Lipinski definition) is 52. The van der Waals surface area contributed by atoms with Gasteiger partial charge in [0.2, 0.25) is 42.5 Å². The van der Waals surface area contributed by atoms with Crippen LogP contribution in [0.2, 0.25) is 0 Å². The first-order valence-corrected chi connectivity index (χ1v) is 40.7. The van der Waals surface area contributed by atoms with Gasteiger partial charge < -0.3 is 170 Å². The van der Waals surface area contributed by atoms with E-state index < -0.39 is 361 Å². The second-order valence-corrected chi connectivity index (χ2v) is 32.0. The van der Waals surface area contributed by atoms with Crippen molar-refractivity contribution in [1.82, 2.24) is 21.3 Å². The van der Waals surface area contributed by atoms with Crippen molar-refractivity contribution in [2.24, 2.45) is 0 Å². The molecule has 4 amide bonds. The zero-order chi connectivity index (χ0) is 92.9. The van der Waals surface area contributed by atoms with Crippen molar-refractivity contribution in [3.63, 3.8) is 0 Å². The third kappa shape index (κ3) is 26.2. The fraction of sp³-hybridized carbons (Fsp3) is 0.857. The van der Waals surface area contributed by atoms with Crippen LogP contribution in [-0.4, -0.2) is 463 Å². The lowest BCUT2D eigenvalue weighted by Crippen LogP contribution is -2.70. The molecule has 0 aromatic rings. The molecule has 0 saturated carbocycles. The number of aliphatic hydroxyl groups excluding tert-OH is 14. The molecule has 26 N–H and O–H groups in total. The Balaban J connectivity index is 1.04. The summed E-state index contributed by atoms with van der Waals surface area (Å²) in [6, 6.07) is -8.94. The fourth-order valence-electron chi connectivity index (χ4n) is 13.3. The Kier molecular flexibility index (Phi) is 35.6. The van der Waals surface area contributed by atoms with Crippen molar-refractivity contribution >= 4 is 89.1 Å². The second-order valence-electron chi connectivity index (χ2n) is 27.7. The lowest BCUT2D eigenvalue weighted by atomic mass is 9.95. The minimum atomic E-state index is -5.91. The van der Waals surface area contributed by atoms with Crippen molar-refractivity contribution in [2.45, 2.75) is 273 Å². The third-order valence-electron chi connectivity index (χ3n) is 18.9. The minimum Gasteiger partial charge on any atom is -0.479 e. The van der Waals surface area contributed by atoms with E-state index in [1.54, 1.807) is 0 Å². The van der Waals surface area contributed by atoms with Gasteiger partial charge in [-0.15, -0.1) is 0 Å². The Morgan fingerprint density at radius 1 is 0.282 bits per heavy atom. The van der Waals surface area contributed by atoms with Gasteiger partial charge in [-0.2, -0.15) is 33.7 Å². The van der Waals surface area contributed by atoms with Crippen LogP contribution in [0.25, 0.3) is 0 Å². The van der Waals surface area contributed by atoms with E-state index in [-0.39, 0.29) is 0 Å². The van der Waals surface area contributed by atoms with Crippen LogP contribution < -0.4 is 21.3 Å². The highest BCUT2D eigenvalue weighted by atomic mass is 32.3. The topological polar surface area (TPSA) is 969 Å². The number of carboxylic acids is 4. The second kappa shape index (κ2) is 42.7. The molecule has 0 aromatic heterocycles. The number of amides is 4. The summed E-state index contributed by atoms with van der Waals surface area (Å²) in [5, 5.41) is 206.